The standard InChI is InChI=1S/C23H21FN8O3/c1-33-20-9-19-15(8-17(20)25)22(31-12-30-19)32-18-4-3-14(7-16(18)24)35-21(26)5-6-27-13-10-28-23(34-2)29-11-13/h3-12H,25-26H2,1-2H3,(H,30,31,32)/b21-5+,27-6?. The van der Waals surface area contributed by atoms with Crippen molar-refractivity contribution in [1.82, 2.24) is 19.9 Å². The zero-order valence-corrected chi connectivity index (χ0v) is 18.8. The number of nitrogens with two attached hydrogens (primary N) is 2. The van der Waals surface area contributed by atoms with Gasteiger partial charge in [0.2, 0.25) is 0 Å². The summed E-state index contributed by atoms with van der Waals surface area (Å²) in [7, 11) is 2.98. The second-order valence-electron chi connectivity index (χ2n) is 6.98. The van der Waals surface area contributed by atoms with Crippen LogP contribution in [0.1, 0.15) is 0 Å². The van der Waals surface area contributed by atoms with Crippen molar-refractivity contribution >= 4 is 40.0 Å². The molecule has 0 bridgehead atoms. The number of aliphatic imine (C=N–C) groups is 1. The van der Waals surface area contributed by atoms with Crippen LogP contribution in [0.2, 0.25) is 0 Å². The Hall–Kier alpha value is -5.00. The second-order valence-corrected chi connectivity index (χ2v) is 6.98. The van der Waals surface area contributed by atoms with Crippen LogP contribution in [0, 0.1) is 5.82 Å². The van der Waals surface area contributed by atoms with E-state index in [0.717, 1.165) is 0 Å². The van der Waals surface area contributed by atoms with Crippen LogP contribution in [0.25, 0.3) is 10.9 Å². The predicted octanol–water partition coefficient (Wildman–Crippen LogP) is 3.48. The molecule has 4 aromatic rings. The highest BCUT2D eigenvalue weighted by Crippen LogP contribution is 2.32. The molecule has 0 radical (unpaired) electrons. The number of benzene rings is 2. The van der Waals surface area contributed by atoms with Crippen LogP contribution in [-0.2, 0) is 0 Å². The molecule has 2 heterocycles. The van der Waals surface area contributed by atoms with Crippen molar-refractivity contribution in [3.05, 3.63) is 66.8 Å². The molecule has 0 aliphatic carbocycles. The first-order valence-corrected chi connectivity index (χ1v) is 10.2. The Morgan fingerprint density at radius 2 is 1.86 bits per heavy atom. The molecule has 0 saturated heterocycles. The molecule has 12 heteroatoms. The number of nitrogens with zero attached hydrogens (tertiary/aromatic N) is 5. The number of aromatic nitrogens is 4. The van der Waals surface area contributed by atoms with Gasteiger partial charge >= 0.3 is 6.01 Å². The normalized spacial score (nSPS) is 11.6. The zero-order chi connectivity index (χ0) is 24.8. The number of rotatable bonds is 8. The number of nitrogen functional groups attached to an aromatic ring is 1. The maximum Gasteiger partial charge on any atom is 0.316 e. The average Bonchev–Trinajstić information content (AvgIpc) is 2.86. The molecule has 2 aromatic carbocycles. The molecular weight excluding hydrogens is 455 g/mol. The summed E-state index contributed by atoms with van der Waals surface area (Å²) in [5, 5.41) is 3.57. The monoisotopic (exact) mass is 476 g/mol. The minimum absolute atomic E-state index is 0.00880. The third-order valence-electron chi connectivity index (χ3n) is 4.68. The number of fused-ring (bicyclic) bond motifs is 1. The number of halogens is 1. The number of allylic oxidation sites excluding steroid dienone is 1. The van der Waals surface area contributed by atoms with E-state index in [1.54, 1.807) is 18.2 Å². The van der Waals surface area contributed by atoms with Gasteiger partial charge in [0.15, 0.2) is 5.88 Å². The van der Waals surface area contributed by atoms with Crippen molar-refractivity contribution < 1.29 is 18.6 Å². The Balaban J connectivity index is 1.46. The highest BCUT2D eigenvalue weighted by atomic mass is 19.1. The van der Waals surface area contributed by atoms with E-state index < -0.39 is 5.82 Å². The molecule has 35 heavy (non-hydrogen) atoms. The fourth-order valence-electron chi connectivity index (χ4n) is 3.01. The van der Waals surface area contributed by atoms with Gasteiger partial charge < -0.3 is 31.0 Å². The van der Waals surface area contributed by atoms with E-state index in [9.17, 15) is 4.39 Å². The number of hydrogen-bond donors (Lipinski definition) is 3. The van der Waals surface area contributed by atoms with Crippen molar-refractivity contribution in [3.63, 3.8) is 0 Å². The van der Waals surface area contributed by atoms with Crippen molar-refractivity contribution in [2.24, 2.45) is 10.7 Å². The van der Waals surface area contributed by atoms with E-state index in [4.69, 9.17) is 25.7 Å². The highest BCUT2D eigenvalue weighted by Gasteiger charge is 2.11. The van der Waals surface area contributed by atoms with E-state index >= 15 is 0 Å². The van der Waals surface area contributed by atoms with Crippen LogP contribution in [-0.4, -0.2) is 40.4 Å². The third kappa shape index (κ3) is 5.50. The van der Waals surface area contributed by atoms with Crippen LogP contribution in [0.3, 0.4) is 0 Å². The molecule has 0 unspecified atom stereocenters. The summed E-state index contributed by atoms with van der Waals surface area (Å²) in [6.07, 6.45) is 7.16. The fourth-order valence-corrected chi connectivity index (χ4v) is 3.01. The number of nitrogens with one attached hydrogen (secondary N) is 1. The Bertz CT molecular complexity index is 1410. The molecule has 0 atom stereocenters. The lowest BCUT2D eigenvalue weighted by atomic mass is 10.2. The van der Waals surface area contributed by atoms with Gasteiger partial charge in [-0.3, -0.25) is 4.99 Å². The van der Waals surface area contributed by atoms with E-state index in [2.05, 4.69) is 30.2 Å². The van der Waals surface area contributed by atoms with Crippen LogP contribution in [0.4, 0.5) is 27.3 Å². The molecule has 4 rings (SSSR count). The summed E-state index contributed by atoms with van der Waals surface area (Å²) in [6.45, 7) is 0. The Morgan fingerprint density at radius 1 is 1.06 bits per heavy atom. The van der Waals surface area contributed by atoms with Crippen LogP contribution in [0.15, 0.2) is 66.0 Å². The number of methoxy groups -OCH3 is 2. The molecule has 11 nitrogen and oxygen atoms in total. The Morgan fingerprint density at radius 3 is 2.57 bits per heavy atom. The fraction of sp³-hybridized carbons (Fsp3) is 0.0870. The highest BCUT2D eigenvalue weighted by molar-refractivity contribution is 5.94. The lowest BCUT2D eigenvalue weighted by Gasteiger charge is -2.12. The molecular formula is C23H21FN8O3. The summed E-state index contributed by atoms with van der Waals surface area (Å²) in [5.74, 6) is 0.504. The van der Waals surface area contributed by atoms with E-state index in [0.29, 0.717) is 33.8 Å². The van der Waals surface area contributed by atoms with Gasteiger partial charge in [-0.15, -0.1) is 0 Å². The molecule has 0 saturated carbocycles. The smallest absolute Gasteiger partial charge is 0.316 e. The van der Waals surface area contributed by atoms with Crippen molar-refractivity contribution in [2.75, 3.05) is 25.3 Å². The van der Waals surface area contributed by atoms with Gasteiger partial charge in [0.05, 0.1) is 49.2 Å². The topological polar surface area (TPSA) is 156 Å². The predicted molar refractivity (Wildman–Crippen MR) is 130 cm³/mol. The van der Waals surface area contributed by atoms with Gasteiger partial charge in [-0.05, 0) is 18.2 Å². The molecule has 178 valence electrons. The first-order chi connectivity index (χ1) is 17.0. The van der Waals surface area contributed by atoms with E-state index in [1.165, 1.54) is 57.4 Å². The first kappa shape index (κ1) is 23.2. The van der Waals surface area contributed by atoms with Gasteiger partial charge in [-0.25, -0.2) is 24.3 Å². The zero-order valence-electron chi connectivity index (χ0n) is 18.8. The summed E-state index contributed by atoms with van der Waals surface area (Å²) < 4.78 is 30.3. The molecule has 0 fully saturated rings. The maximum atomic E-state index is 14.8. The van der Waals surface area contributed by atoms with Crippen LogP contribution >= 0.6 is 0 Å². The average molecular weight is 476 g/mol. The molecule has 0 spiro atoms. The quantitative estimate of drug-likeness (QED) is 0.195. The summed E-state index contributed by atoms with van der Waals surface area (Å²) in [6, 6.07) is 7.84. The Kier molecular flexibility index (Phi) is 6.81. The van der Waals surface area contributed by atoms with E-state index in [-0.39, 0.29) is 23.3 Å². The first-order valence-electron chi connectivity index (χ1n) is 10.2. The summed E-state index contributed by atoms with van der Waals surface area (Å²) in [4.78, 5) is 20.4. The summed E-state index contributed by atoms with van der Waals surface area (Å²) >= 11 is 0. The van der Waals surface area contributed by atoms with Gasteiger partial charge in [-0.2, -0.15) is 0 Å². The molecule has 5 N–H and O–H groups in total. The second kappa shape index (κ2) is 10.3. The largest absolute Gasteiger partial charge is 0.495 e. The van der Waals surface area contributed by atoms with Crippen molar-refractivity contribution in [1.29, 1.82) is 0 Å². The number of hydrogen-bond acceptors (Lipinski definition) is 11. The molecule has 0 aliphatic heterocycles. The SMILES string of the molecule is COc1ncc(N=C/C=C(\N)Oc2ccc(Nc3ncnc4cc(OC)c(N)cc34)c(F)c2)cn1. The van der Waals surface area contributed by atoms with Crippen molar-refractivity contribution in [3.8, 4) is 17.5 Å². The van der Waals surface area contributed by atoms with Crippen LogP contribution < -0.4 is 31.0 Å². The lowest BCUT2D eigenvalue weighted by Crippen LogP contribution is -2.06. The molecule has 0 amide bonds. The van der Waals surface area contributed by atoms with Crippen molar-refractivity contribution in [2.45, 2.75) is 0 Å². The van der Waals surface area contributed by atoms with Crippen LogP contribution in [0.5, 0.6) is 17.5 Å². The van der Waals surface area contributed by atoms with Gasteiger partial charge in [0, 0.05) is 29.8 Å². The van der Waals surface area contributed by atoms with Gasteiger partial charge in [0.1, 0.15) is 29.5 Å². The number of anilines is 3. The molecule has 0 aliphatic rings. The number of ether oxygens (including phenoxy) is 3. The lowest BCUT2D eigenvalue weighted by molar-refractivity contribution is 0.380. The van der Waals surface area contributed by atoms with Gasteiger partial charge in [0.25, 0.3) is 0 Å². The summed E-state index contributed by atoms with van der Waals surface area (Å²) in [5.41, 5.74) is 13.5. The minimum atomic E-state index is -0.576. The third-order valence-corrected chi connectivity index (χ3v) is 4.68. The molecule has 2 aromatic heterocycles. The van der Waals surface area contributed by atoms with E-state index in [1.807, 2.05) is 0 Å². The minimum Gasteiger partial charge on any atom is -0.495 e. The maximum absolute atomic E-state index is 14.8. The van der Waals surface area contributed by atoms with Gasteiger partial charge in [-0.1, -0.05) is 0 Å². The Labute approximate surface area is 199 Å².